The molecule has 0 aliphatic carbocycles. The van der Waals surface area contributed by atoms with E-state index in [2.05, 4.69) is 10.8 Å². The van der Waals surface area contributed by atoms with Crippen molar-refractivity contribution in [3.05, 3.63) is 41.9 Å². The molecule has 7 nitrogen and oxygen atoms in total. The Kier molecular flexibility index (Phi) is 5.17. The van der Waals surface area contributed by atoms with E-state index in [9.17, 15) is 9.59 Å². The topological polar surface area (TPSA) is 101 Å². The largest absolute Gasteiger partial charge is 0.481 e. The zero-order valence-corrected chi connectivity index (χ0v) is 15.9. The van der Waals surface area contributed by atoms with Crippen LogP contribution in [0.4, 0.5) is 0 Å². The maximum absolute atomic E-state index is 12.7. The summed E-state index contributed by atoms with van der Waals surface area (Å²) >= 11 is 0. The number of hydrogen-bond acceptors (Lipinski definition) is 4. The highest BCUT2D eigenvalue weighted by Crippen LogP contribution is 2.26. The van der Waals surface area contributed by atoms with E-state index in [1.54, 1.807) is 4.90 Å². The molecule has 7 heteroatoms. The Labute approximate surface area is 164 Å². The third-order valence-electron chi connectivity index (χ3n) is 6.00. The van der Waals surface area contributed by atoms with E-state index in [0.29, 0.717) is 44.0 Å². The van der Waals surface area contributed by atoms with Crippen molar-refractivity contribution in [1.29, 1.82) is 0 Å². The summed E-state index contributed by atoms with van der Waals surface area (Å²) in [5.74, 6) is 0.450. The summed E-state index contributed by atoms with van der Waals surface area (Å²) in [7, 11) is 0. The van der Waals surface area contributed by atoms with Crippen LogP contribution in [0.2, 0.25) is 0 Å². The first kappa shape index (κ1) is 18.7. The third kappa shape index (κ3) is 3.67. The van der Waals surface area contributed by atoms with Gasteiger partial charge in [-0.25, -0.2) is 4.98 Å². The summed E-state index contributed by atoms with van der Waals surface area (Å²) in [6.45, 7) is 2.64. The molecule has 3 N–H and O–H groups in total. The van der Waals surface area contributed by atoms with Gasteiger partial charge in [0.15, 0.2) is 0 Å². The summed E-state index contributed by atoms with van der Waals surface area (Å²) in [6.07, 6.45) is 5.12. The molecular weight excluding hydrogens is 356 g/mol. The van der Waals surface area contributed by atoms with Crippen LogP contribution in [0.1, 0.15) is 35.4 Å². The minimum Gasteiger partial charge on any atom is -0.481 e. The number of nitrogens with two attached hydrogens (primary N) is 1. The van der Waals surface area contributed by atoms with E-state index in [1.807, 2.05) is 24.3 Å². The number of fused-ring (bicyclic) bond motifs is 1. The second kappa shape index (κ2) is 7.75. The molecule has 148 valence electrons. The van der Waals surface area contributed by atoms with Crippen LogP contribution in [0.5, 0.6) is 0 Å². The molecule has 0 radical (unpaired) electrons. The van der Waals surface area contributed by atoms with Crippen LogP contribution < -0.4 is 5.73 Å². The molecule has 1 unspecified atom stereocenters. The average Bonchev–Trinajstić information content (AvgIpc) is 3.16. The maximum atomic E-state index is 12.7. The number of piperidine rings is 1. The van der Waals surface area contributed by atoms with Crippen LogP contribution in [0, 0.1) is 11.8 Å². The number of carbonyl (C=O) groups excluding carboxylic acids is 1. The zero-order valence-electron chi connectivity index (χ0n) is 15.9. The number of likely N-dealkylation sites (tertiary alicyclic amines) is 1. The Hall–Kier alpha value is -2.67. The molecule has 0 bridgehead atoms. The molecule has 28 heavy (non-hydrogen) atoms. The first-order valence-electron chi connectivity index (χ1n) is 9.93. The number of carboxylic acid groups (broad SMARTS) is 1. The third-order valence-corrected chi connectivity index (χ3v) is 6.00. The number of aliphatic carboxylic acids is 1. The van der Waals surface area contributed by atoms with Crippen molar-refractivity contribution < 1.29 is 14.7 Å². The van der Waals surface area contributed by atoms with Crippen molar-refractivity contribution in [2.24, 2.45) is 17.6 Å². The molecule has 1 aromatic carbocycles. The van der Waals surface area contributed by atoms with Gasteiger partial charge in [-0.05, 0) is 43.9 Å². The van der Waals surface area contributed by atoms with Gasteiger partial charge in [0.2, 0.25) is 0 Å². The molecule has 1 amide bonds. The van der Waals surface area contributed by atoms with Gasteiger partial charge in [-0.1, -0.05) is 12.1 Å². The second-order valence-corrected chi connectivity index (χ2v) is 7.81. The molecule has 3 heterocycles. The number of carbonyl (C=O) groups is 2. The van der Waals surface area contributed by atoms with Crippen molar-refractivity contribution in [1.82, 2.24) is 14.5 Å². The van der Waals surface area contributed by atoms with Crippen molar-refractivity contribution in [2.75, 3.05) is 19.6 Å². The van der Waals surface area contributed by atoms with Crippen LogP contribution in [-0.4, -0.2) is 51.1 Å². The fraction of sp³-hybridized carbons (Fsp3) is 0.476. The van der Waals surface area contributed by atoms with E-state index < -0.39 is 5.97 Å². The first-order valence-corrected chi connectivity index (χ1v) is 9.93. The van der Waals surface area contributed by atoms with Gasteiger partial charge in [-0.3, -0.25) is 9.59 Å². The summed E-state index contributed by atoms with van der Waals surface area (Å²) in [6, 6.07) is 7.54. The van der Waals surface area contributed by atoms with Crippen molar-refractivity contribution in [2.45, 2.75) is 32.2 Å². The van der Waals surface area contributed by atoms with Crippen LogP contribution >= 0.6 is 0 Å². The molecular formula is C21H26N4O3. The summed E-state index contributed by atoms with van der Waals surface area (Å²) < 4.78 is 2.20. The number of nitrogens with zero attached hydrogens (tertiary/aromatic N) is 3. The number of rotatable bonds is 4. The fourth-order valence-corrected chi connectivity index (χ4v) is 4.13. The van der Waals surface area contributed by atoms with E-state index >= 15 is 0 Å². The minimum atomic E-state index is -0.767. The van der Waals surface area contributed by atoms with Crippen molar-refractivity contribution >= 4 is 11.9 Å². The Morgan fingerprint density at radius 1 is 1.11 bits per heavy atom. The first-order chi connectivity index (χ1) is 13.5. The van der Waals surface area contributed by atoms with Crippen molar-refractivity contribution in [3.63, 3.8) is 0 Å². The van der Waals surface area contributed by atoms with Gasteiger partial charge < -0.3 is 20.3 Å². The van der Waals surface area contributed by atoms with E-state index in [0.717, 1.165) is 36.5 Å². The summed E-state index contributed by atoms with van der Waals surface area (Å²) in [5.41, 5.74) is 8.35. The molecule has 0 saturated carbocycles. The molecule has 1 atom stereocenters. The van der Waals surface area contributed by atoms with Crippen LogP contribution in [0.15, 0.2) is 30.5 Å². The predicted molar refractivity (Wildman–Crippen MR) is 105 cm³/mol. The van der Waals surface area contributed by atoms with Crippen LogP contribution in [0.25, 0.3) is 11.3 Å². The Balaban J connectivity index is 1.44. The SMILES string of the molecule is NCC1CCn2cc(-c3ccc(C(=O)N4CCC(C(=O)O)CC4)cc3)nc2C1. The van der Waals surface area contributed by atoms with Gasteiger partial charge in [-0.2, -0.15) is 0 Å². The van der Waals surface area contributed by atoms with Gasteiger partial charge in [0, 0.05) is 43.4 Å². The monoisotopic (exact) mass is 382 g/mol. The molecule has 0 spiro atoms. The van der Waals surface area contributed by atoms with Gasteiger partial charge in [0.25, 0.3) is 5.91 Å². The number of aryl methyl sites for hydroxylation is 1. The highest BCUT2D eigenvalue weighted by molar-refractivity contribution is 5.94. The number of imidazole rings is 1. The lowest BCUT2D eigenvalue weighted by molar-refractivity contribution is -0.143. The summed E-state index contributed by atoms with van der Waals surface area (Å²) in [5, 5.41) is 9.09. The molecule has 2 aliphatic rings. The normalized spacial score (nSPS) is 20.0. The number of hydrogen-bond donors (Lipinski definition) is 2. The number of benzene rings is 1. The Bertz CT molecular complexity index is 866. The highest BCUT2D eigenvalue weighted by atomic mass is 16.4. The fourth-order valence-electron chi connectivity index (χ4n) is 4.13. The lowest BCUT2D eigenvalue weighted by atomic mass is 9.96. The average molecular weight is 382 g/mol. The lowest BCUT2D eigenvalue weighted by Crippen LogP contribution is -2.40. The van der Waals surface area contributed by atoms with Crippen LogP contribution in [-0.2, 0) is 17.8 Å². The molecule has 2 aliphatic heterocycles. The molecule has 2 aromatic rings. The van der Waals surface area contributed by atoms with Crippen molar-refractivity contribution in [3.8, 4) is 11.3 Å². The lowest BCUT2D eigenvalue weighted by Gasteiger charge is -2.30. The quantitative estimate of drug-likeness (QED) is 0.842. The van der Waals surface area contributed by atoms with Gasteiger partial charge >= 0.3 is 5.97 Å². The van der Waals surface area contributed by atoms with Gasteiger partial charge in [0.05, 0.1) is 11.6 Å². The molecule has 1 saturated heterocycles. The standard InChI is InChI=1S/C21H26N4O3/c22-12-14-5-8-25-13-18(23-19(25)11-14)15-1-3-16(4-2-15)20(26)24-9-6-17(7-10-24)21(27)28/h1-4,13-14,17H,5-12,22H2,(H,27,28). The van der Waals surface area contributed by atoms with E-state index in [4.69, 9.17) is 15.8 Å². The summed E-state index contributed by atoms with van der Waals surface area (Å²) in [4.78, 5) is 30.3. The molecule has 1 aromatic heterocycles. The Morgan fingerprint density at radius 2 is 1.82 bits per heavy atom. The predicted octanol–water partition coefficient (Wildman–Crippen LogP) is 2.01. The number of carboxylic acids is 1. The van der Waals surface area contributed by atoms with Gasteiger partial charge in [-0.15, -0.1) is 0 Å². The molecule has 4 rings (SSSR count). The highest BCUT2D eigenvalue weighted by Gasteiger charge is 2.27. The van der Waals surface area contributed by atoms with Crippen LogP contribution in [0.3, 0.4) is 0 Å². The number of amides is 1. The van der Waals surface area contributed by atoms with E-state index in [-0.39, 0.29) is 11.8 Å². The minimum absolute atomic E-state index is 0.0367. The molecule has 1 fully saturated rings. The smallest absolute Gasteiger partial charge is 0.306 e. The van der Waals surface area contributed by atoms with E-state index in [1.165, 1.54) is 0 Å². The van der Waals surface area contributed by atoms with Gasteiger partial charge in [0.1, 0.15) is 5.82 Å². The Morgan fingerprint density at radius 3 is 2.46 bits per heavy atom. The zero-order chi connectivity index (χ0) is 19.7. The number of aromatic nitrogens is 2. The second-order valence-electron chi connectivity index (χ2n) is 7.81. The maximum Gasteiger partial charge on any atom is 0.306 e.